The number of aryl methyl sites for hydroxylation is 2. The normalized spacial score (nSPS) is 11.3. The highest BCUT2D eigenvalue weighted by molar-refractivity contribution is 9.10. The number of nitrogens with zero attached hydrogens (tertiary/aromatic N) is 3. The van der Waals surface area contributed by atoms with Crippen LogP contribution in [0.1, 0.15) is 12.6 Å². The molecule has 2 heterocycles. The van der Waals surface area contributed by atoms with E-state index in [9.17, 15) is 0 Å². The minimum absolute atomic E-state index is 0.837. The SMILES string of the molecule is CCn1nc(C)cc1-c1nc2ccc(Br)cc2[nH]1. The Labute approximate surface area is 113 Å². The van der Waals surface area contributed by atoms with Gasteiger partial charge in [0.05, 0.1) is 16.7 Å². The van der Waals surface area contributed by atoms with Gasteiger partial charge in [0.15, 0.2) is 5.82 Å². The summed E-state index contributed by atoms with van der Waals surface area (Å²) in [5.41, 5.74) is 4.03. The molecule has 3 aromatic rings. The highest BCUT2D eigenvalue weighted by Crippen LogP contribution is 2.23. The van der Waals surface area contributed by atoms with E-state index < -0.39 is 0 Å². The minimum Gasteiger partial charge on any atom is -0.337 e. The molecule has 5 heteroatoms. The lowest BCUT2D eigenvalue weighted by atomic mass is 10.3. The van der Waals surface area contributed by atoms with Crippen LogP contribution in [0.25, 0.3) is 22.6 Å². The van der Waals surface area contributed by atoms with Crippen molar-refractivity contribution in [1.29, 1.82) is 0 Å². The zero-order valence-electron chi connectivity index (χ0n) is 10.2. The van der Waals surface area contributed by atoms with E-state index in [0.717, 1.165) is 39.3 Å². The molecule has 92 valence electrons. The summed E-state index contributed by atoms with van der Waals surface area (Å²) in [6.07, 6.45) is 0. The zero-order chi connectivity index (χ0) is 12.7. The highest BCUT2D eigenvalue weighted by Gasteiger charge is 2.11. The molecular weight excluding hydrogens is 292 g/mol. The maximum Gasteiger partial charge on any atom is 0.156 e. The molecule has 0 saturated carbocycles. The van der Waals surface area contributed by atoms with Crippen LogP contribution >= 0.6 is 15.9 Å². The maximum absolute atomic E-state index is 4.61. The van der Waals surface area contributed by atoms with Gasteiger partial charge >= 0.3 is 0 Å². The number of hydrogen-bond donors (Lipinski definition) is 1. The Bertz CT molecular complexity index is 711. The fraction of sp³-hybridized carbons (Fsp3) is 0.231. The highest BCUT2D eigenvalue weighted by atomic mass is 79.9. The van der Waals surface area contributed by atoms with Gasteiger partial charge in [0.1, 0.15) is 5.69 Å². The van der Waals surface area contributed by atoms with Crippen LogP contribution in [0.15, 0.2) is 28.7 Å². The summed E-state index contributed by atoms with van der Waals surface area (Å²) in [5.74, 6) is 0.866. The third-order valence-electron chi connectivity index (χ3n) is 2.89. The monoisotopic (exact) mass is 304 g/mol. The topological polar surface area (TPSA) is 46.5 Å². The molecule has 0 saturated heterocycles. The Morgan fingerprint density at radius 2 is 2.17 bits per heavy atom. The van der Waals surface area contributed by atoms with Crippen molar-refractivity contribution in [3.63, 3.8) is 0 Å². The van der Waals surface area contributed by atoms with E-state index in [1.54, 1.807) is 0 Å². The number of H-pyrrole nitrogens is 1. The van der Waals surface area contributed by atoms with Crippen molar-refractivity contribution in [2.75, 3.05) is 0 Å². The Kier molecular flexibility index (Phi) is 2.70. The Balaban J connectivity index is 2.18. The van der Waals surface area contributed by atoms with Crippen molar-refractivity contribution in [3.05, 3.63) is 34.4 Å². The molecule has 0 aliphatic heterocycles. The first kappa shape index (κ1) is 11.5. The van der Waals surface area contributed by atoms with Crippen LogP contribution in [0, 0.1) is 6.92 Å². The summed E-state index contributed by atoms with van der Waals surface area (Å²) in [6, 6.07) is 8.08. The molecule has 2 aromatic heterocycles. The van der Waals surface area contributed by atoms with Gasteiger partial charge in [-0.15, -0.1) is 0 Å². The first-order valence-electron chi connectivity index (χ1n) is 5.87. The molecule has 4 nitrogen and oxygen atoms in total. The first-order valence-corrected chi connectivity index (χ1v) is 6.67. The molecule has 0 fully saturated rings. The molecule has 3 rings (SSSR count). The van der Waals surface area contributed by atoms with Crippen molar-refractivity contribution in [1.82, 2.24) is 19.7 Å². The van der Waals surface area contributed by atoms with Gasteiger partial charge in [0, 0.05) is 11.0 Å². The molecule has 1 aromatic carbocycles. The number of benzene rings is 1. The third-order valence-corrected chi connectivity index (χ3v) is 3.38. The van der Waals surface area contributed by atoms with Crippen LogP contribution in [0.2, 0.25) is 0 Å². The van der Waals surface area contributed by atoms with Crippen LogP contribution in [-0.4, -0.2) is 19.7 Å². The predicted molar refractivity (Wildman–Crippen MR) is 75.4 cm³/mol. The molecule has 0 aliphatic rings. The van der Waals surface area contributed by atoms with Gasteiger partial charge in [-0.3, -0.25) is 4.68 Å². The van der Waals surface area contributed by atoms with Gasteiger partial charge in [-0.05, 0) is 38.1 Å². The zero-order valence-corrected chi connectivity index (χ0v) is 11.8. The molecule has 0 atom stereocenters. The number of rotatable bonds is 2. The maximum atomic E-state index is 4.61. The predicted octanol–water partition coefficient (Wildman–Crippen LogP) is 3.52. The lowest BCUT2D eigenvalue weighted by Crippen LogP contribution is -1.99. The summed E-state index contributed by atoms with van der Waals surface area (Å²) in [7, 11) is 0. The van der Waals surface area contributed by atoms with E-state index in [4.69, 9.17) is 0 Å². The van der Waals surface area contributed by atoms with Crippen molar-refractivity contribution in [2.45, 2.75) is 20.4 Å². The van der Waals surface area contributed by atoms with E-state index >= 15 is 0 Å². The number of halogens is 1. The molecule has 0 aliphatic carbocycles. The molecule has 0 radical (unpaired) electrons. The summed E-state index contributed by atoms with van der Waals surface area (Å²) >= 11 is 3.46. The van der Waals surface area contributed by atoms with Crippen LogP contribution in [0.3, 0.4) is 0 Å². The Morgan fingerprint density at radius 3 is 2.94 bits per heavy atom. The molecule has 1 N–H and O–H groups in total. The van der Waals surface area contributed by atoms with E-state index in [2.05, 4.69) is 44.0 Å². The summed E-state index contributed by atoms with van der Waals surface area (Å²) in [5, 5.41) is 4.44. The molecule has 18 heavy (non-hydrogen) atoms. The molecule has 0 amide bonds. The van der Waals surface area contributed by atoms with E-state index in [-0.39, 0.29) is 0 Å². The van der Waals surface area contributed by atoms with E-state index in [1.807, 2.05) is 29.8 Å². The minimum atomic E-state index is 0.837. The van der Waals surface area contributed by atoms with Crippen molar-refractivity contribution in [2.24, 2.45) is 0 Å². The third kappa shape index (κ3) is 1.84. The van der Waals surface area contributed by atoms with Crippen molar-refractivity contribution >= 4 is 27.0 Å². The van der Waals surface area contributed by atoms with Crippen LogP contribution in [0.5, 0.6) is 0 Å². The van der Waals surface area contributed by atoms with Gasteiger partial charge < -0.3 is 4.98 Å². The van der Waals surface area contributed by atoms with E-state index in [1.165, 1.54) is 0 Å². The number of fused-ring (bicyclic) bond motifs is 1. The molecular formula is C13H13BrN4. The molecule has 0 bridgehead atoms. The van der Waals surface area contributed by atoms with Gasteiger partial charge in [-0.25, -0.2) is 4.98 Å². The fourth-order valence-corrected chi connectivity index (χ4v) is 2.44. The molecule has 0 spiro atoms. The number of aromatic amines is 1. The van der Waals surface area contributed by atoms with Gasteiger partial charge in [-0.2, -0.15) is 5.10 Å². The largest absolute Gasteiger partial charge is 0.337 e. The summed E-state index contributed by atoms with van der Waals surface area (Å²) in [6.45, 7) is 4.91. The van der Waals surface area contributed by atoms with Gasteiger partial charge in [0.2, 0.25) is 0 Å². The van der Waals surface area contributed by atoms with Gasteiger partial charge in [0.25, 0.3) is 0 Å². The lowest BCUT2D eigenvalue weighted by Gasteiger charge is -1.99. The van der Waals surface area contributed by atoms with Crippen LogP contribution in [-0.2, 0) is 6.54 Å². The smallest absolute Gasteiger partial charge is 0.156 e. The van der Waals surface area contributed by atoms with Crippen LogP contribution in [0.4, 0.5) is 0 Å². The second-order valence-electron chi connectivity index (χ2n) is 4.23. The second kappa shape index (κ2) is 4.24. The van der Waals surface area contributed by atoms with Gasteiger partial charge in [-0.1, -0.05) is 15.9 Å². The number of imidazole rings is 1. The molecule has 0 unspecified atom stereocenters. The standard InChI is InChI=1S/C13H13BrN4/c1-3-18-12(6-8(2)17-18)13-15-10-5-4-9(14)7-11(10)16-13/h4-7H,3H2,1-2H3,(H,15,16). The summed E-state index contributed by atoms with van der Waals surface area (Å²) < 4.78 is 3.01. The second-order valence-corrected chi connectivity index (χ2v) is 5.15. The number of aromatic nitrogens is 4. The van der Waals surface area contributed by atoms with Crippen molar-refractivity contribution in [3.8, 4) is 11.5 Å². The average Bonchev–Trinajstić information content (AvgIpc) is 2.91. The van der Waals surface area contributed by atoms with E-state index in [0.29, 0.717) is 0 Å². The first-order chi connectivity index (χ1) is 8.67. The number of nitrogens with one attached hydrogen (secondary N) is 1. The summed E-state index contributed by atoms with van der Waals surface area (Å²) in [4.78, 5) is 7.95. The van der Waals surface area contributed by atoms with Crippen LogP contribution < -0.4 is 0 Å². The number of hydrogen-bond acceptors (Lipinski definition) is 2. The quantitative estimate of drug-likeness (QED) is 0.787. The van der Waals surface area contributed by atoms with Crippen molar-refractivity contribution < 1.29 is 0 Å². The lowest BCUT2D eigenvalue weighted by molar-refractivity contribution is 0.658. The fourth-order valence-electron chi connectivity index (χ4n) is 2.08. The average molecular weight is 305 g/mol. The Hall–Kier alpha value is -1.62. The Morgan fingerprint density at radius 1 is 1.33 bits per heavy atom.